The van der Waals surface area contributed by atoms with Gasteiger partial charge in [0.15, 0.2) is 0 Å². The second kappa shape index (κ2) is 9.57. The summed E-state index contributed by atoms with van der Waals surface area (Å²) in [5.74, 6) is 0. The Bertz CT molecular complexity index is 552. The molecule has 21 heavy (non-hydrogen) atoms. The Balaban J connectivity index is 0.000000497. The SMILES string of the molecule is C(=Nc1ccccc1-n1cccc1)C1CCC[N-]1.[Br][Ni+][Br]. The Morgan fingerprint density at radius 2 is 1.90 bits per heavy atom. The molecule has 0 amide bonds. The molecule has 2 heterocycles. The first kappa shape index (κ1) is 16.9. The van der Waals surface area contributed by atoms with Gasteiger partial charge < -0.3 is 9.88 Å². The molecule has 0 saturated carbocycles. The van der Waals surface area contributed by atoms with Gasteiger partial charge in [-0.1, -0.05) is 31.0 Å². The van der Waals surface area contributed by atoms with E-state index in [0.29, 0.717) is 6.04 Å². The van der Waals surface area contributed by atoms with E-state index in [1.807, 2.05) is 48.9 Å². The molecule has 6 heteroatoms. The van der Waals surface area contributed by atoms with Crippen molar-refractivity contribution in [2.75, 3.05) is 6.54 Å². The summed E-state index contributed by atoms with van der Waals surface area (Å²) in [6.07, 6.45) is 8.38. The molecule has 1 unspecified atom stereocenters. The Labute approximate surface area is 145 Å². The second-order valence-electron chi connectivity index (χ2n) is 4.52. The summed E-state index contributed by atoms with van der Waals surface area (Å²) in [6.45, 7) is 0.982. The molecule has 1 aliphatic rings. The summed E-state index contributed by atoms with van der Waals surface area (Å²) < 4.78 is 2.08. The van der Waals surface area contributed by atoms with Gasteiger partial charge >= 0.3 is 39.3 Å². The number of aromatic nitrogens is 1. The van der Waals surface area contributed by atoms with Crippen LogP contribution in [0.2, 0.25) is 0 Å². The fourth-order valence-corrected chi connectivity index (χ4v) is 2.22. The van der Waals surface area contributed by atoms with Crippen LogP contribution in [0.4, 0.5) is 5.69 Å². The third-order valence-corrected chi connectivity index (χ3v) is 3.17. The Hall–Kier alpha value is -0.416. The molecule has 1 aliphatic heterocycles. The number of nitrogens with zero attached hydrogens (tertiary/aromatic N) is 3. The molecule has 1 atom stereocenters. The van der Waals surface area contributed by atoms with Gasteiger partial charge in [-0.2, -0.15) is 0 Å². The van der Waals surface area contributed by atoms with Gasteiger partial charge in [0, 0.05) is 12.4 Å². The Morgan fingerprint density at radius 1 is 1.19 bits per heavy atom. The van der Waals surface area contributed by atoms with Crippen molar-refractivity contribution in [3.05, 3.63) is 54.1 Å². The summed E-state index contributed by atoms with van der Waals surface area (Å²) >= 11 is 6.00. The van der Waals surface area contributed by atoms with Crippen LogP contribution >= 0.6 is 28.5 Å². The zero-order valence-electron chi connectivity index (χ0n) is 11.3. The first-order valence-electron chi connectivity index (χ1n) is 6.60. The number of benzene rings is 1. The Kier molecular flexibility index (Phi) is 7.72. The zero-order valence-corrected chi connectivity index (χ0v) is 15.5. The maximum atomic E-state index is 4.60. The van der Waals surface area contributed by atoms with Gasteiger partial charge in [-0.3, -0.25) is 4.99 Å². The summed E-state index contributed by atoms with van der Waals surface area (Å²) in [7, 11) is 1.25. The van der Waals surface area contributed by atoms with Crippen LogP contribution in [-0.2, 0) is 10.9 Å². The van der Waals surface area contributed by atoms with E-state index in [4.69, 9.17) is 0 Å². The first-order valence-corrected chi connectivity index (χ1v) is 11.5. The molecule has 115 valence electrons. The maximum absolute atomic E-state index is 4.60. The number of para-hydroxylation sites is 2. The summed E-state index contributed by atoms with van der Waals surface area (Å²) in [6, 6.07) is 12.5. The molecule has 0 N–H and O–H groups in total. The van der Waals surface area contributed by atoms with Gasteiger partial charge in [-0.25, -0.2) is 0 Å². The van der Waals surface area contributed by atoms with Gasteiger partial charge in [0.1, 0.15) is 0 Å². The minimum atomic E-state index is 0.308. The van der Waals surface area contributed by atoms with Gasteiger partial charge in [-0.15, -0.1) is 6.54 Å². The van der Waals surface area contributed by atoms with Crippen molar-refractivity contribution in [2.24, 2.45) is 4.99 Å². The minimum absolute atomic E-state index is 0.308. The Morgan fingerprint density at radius 3 is 2.57 bits per heavy atom. The average molecular weight is 457 g/mol. The van der Waals surface area contributed by atoms with Crippen LogP contribution in [0.5, 0.6) is 0 Å². The van der Waals surface area contributed by atoms with Gasteiger partial charge in [0.05, 0.1) is 11.4 Å². The van der Waals surface area contributed by atoms with E-state index in [1.165, 1.54) is 17.3 Å². The fraction of sp³-hybridized carbons (Fsp3) is 0.267. The number of halogens is 2. The van der Waals surface area contributed by atoms with Gasteiger partial charge in [0.2, 0.25) is 0 Å². The van der Waals surface area contributed by atoms with Gasteiger partial charge in [0.25, 0.3) is 0 Å². The van der Waals surface area contributed by atoms with E-state index >= 15 is 0 Å². The molecular formula is C15H16Br2N3Ni. The molecule has 3 nitrogen and oxygen atoms in total. The standard InChI is InChI=1S/C15H16N3.2BrH.Ni/c1-2-8-15(18-10-3-4-11-18)14(7-1)17-12-13-6-5-9-16-13;;;/h1-4,7-8,10-13H,5-6,9H2;2*1H;/q-1;;;+3/p-2. The average Bonchev–Trinajstić information content (AvgIpc) is 3.20. The molecular weight excluding hydrogens is 441 g/mol. The van der Waals surface area contributed by atoms with E-state index < -0.39 is 0 Å². The van der Waals surface area contributed by atoms with Crippen LogP contribution in [0, 0.1) is 0 Å². The number of hydrogen-bond acceptors (Lipinski definition) is 1. The summed E-state index contributed by atoms with van der Waals surface area (Å²) in [4.78, 5) is 4.60. The van der Waals surface area contributed by atoms with E-state index in [1.54, 1.807) is 0 Å². The summed E-state index contributed by atoms with van der Waals surface area (Å²) in [5, 5.41) is 4.49. The van der Waals surface area contributed by atoms with E-state index in [9.17, 15) is 0 Å². The molecule has 1 aromatic heterocycles. The monoisotopic (exact) mass is 454 g/mol. The molecule has 3 rings (SSSR count). The second-order valence-corrected chi connectivity index (χ2v) is 9.50. The van der Waals surface area contributed by atoms with Crippen LogP contribution < -0.4 is 0 Å². The van der Waals surface area contributed by atoms with Crippen molar-refractivity contribution >= 4 is 40.4 Å². The van der Waals surface area contributed by atoms with Crippen LogP contribution in [0.3, 0.4) is 0 Å². The third kappa shape index (κ3) is 5.37. The predicted octanol–water partition coefficient (Wildman–Crippen LogP) is 5.40. The van der Waals surface area contributed by atoms with Crippen molar-refractivity contribution in [1.29, 1.82) is 0 Å². The molecule has 1 fully saturated rings. The molecule has 0 radical (unpaired) electrons. The van der Waals surface area contributed by atoms with Crippen molar-refractivity contribution in [2.45, 2.75) is 18.9 Å². The van der Waals surface area contributed by atoms with Crippen LogP contribution in [0.15, 0.2) is 53.8 Å². The van der Waals surface area contributed by atoms with E-state index in [-0.39, 0.29) is 0 Å². The number of aliphatic imine (C=N–C) groups is 1. The van der Waals surface area contributed by atoms with Crippen LogP contribution in [-0.4, -0.2) is 23.4 Å². The fourth-order valence-electron chi connectivity index (χ4n) is 2.22. The molecule has 2 aromatic rings. The first-order chi connectivity index (χ1) is 10.3. The quantitative estimate of drug-likeness (QED) is 0.437. The van der Waals surface area contributed by atoms with E-state index in [2.05, 4.69) is 49.4 Å². The van der Waals surface area contributed by atoms with E-state index in [0.717, 1.165) is 24.3 Å². The van der Waals surface area contributed by atoms with Crippen molar-refractivity contribution in [1.82, 2.24) is 4.57 Å². The number of rotatable bonds is 3. The van der Waals surface area contributed by atoms with Crippen LogP contribution in [0.1, 0.15) is 12.8 Å². The molecule has 0 spiro atoms. The summed E-state index contributed by atoms with van der Waals surface area (Å²) in [5.41, 5.74) is 2.10. The third-order valence-electron chi connectivity index (χ3n) is 3.17. The van der Waals surface area contributed by atoms with Gasteiger partial charge in [-0.05, 0) is 30.5 Å². The van der Waals surface area contributed by atoms with Crippen molar-refractivity contribution in [3.63, 3.8) is 0 Å². The van der Waals surface area contributed by atoms with Crippen LogP contribution in [0.25, 0.3) is 11.0 Å². The molecule has 0 bridgehead atoms. The van der Waals surface area contributed by atoms with Crippen molar-refractivity contribution in [3.8, 4) is 5.69 Å². The van der Waals surface area contributed by atoms with Crippen molar-refractivity contribution < 1.29 is 10.9 Å². The zero-order chi connectivity index (χ0) is 14.9. The molecule has 0 aliphatic carbocycles. The predicted molar refractivity (Wildman–Crippen MR) is 93.0 cm³/mol. The normalized spacial score (nSPS) is 17.9. The number of hydrogen-bond donors (Lipinski definition) is 0. The molecule has 1 saturated heterocycles. The molecule has 1 aromatic carbocycles. The topological polar surface area (TPSA) is 31.4 Å².